The molecule has 5 heteroatoms. The van der Waals surface area contributed by atoms with Gasteiger partial charge < -0.3 is 4.74 Å². The van der Waals surface area contributed by atoms with E-state index in [2.05, 4.69) is 0 Å². The van der Waals surface area contributed by atoms with Crippen molar-refractivity contribution in [3.8, 4) is 5.75 Å². The first-order valence-corrected chi connectivity index (χ1v) is 8.53. The topological polar surface area (TPSA) is 60.4 Å². The van der Waals surface area contributed by atoms with Crippen molar-refractivity contribution in [3.05, 3.63) is 28.8 Å². The van der Waals surface area contributed by atoms with Crippen LogP contribution >= 0.6 is 0 Å². The van der Waals surface area contributed by atoms with Crippen LogP contribution in [0.3, 0.4) is 0 Å². The predicted octanol–water partition coefficient (Wildman–Crippen LogP) is 2.32. The Hall–Kier alpha value is -1.36. The van der Waals surface area contributed by atoms with Gasteiger partial charge in [-0.15, -0.1) is 0 Å². The lowest BCUT2D eigenvalue weighted by atomic mass is 9.93. The summed E-state index contributed by atoms with van der Waals surface area (Å²) in [5, 5.41) is 0. The fourth-order valence-electron chi connectivity index (χ4n) is 2.84. The van der Waals surface area contributed by atoms with Crippen LogP contribution in [0.1, 0.15) is 34.3 Å². The minimum absolute atomic E-state index is 0.0264. The fourth-order valence-corrected chi connectivity index (χ4v) is 4.71. The summed E-state index contributed by atoms with van der Waals surface area (Å²) in [6, 6.07) is 3.78. The van der Waals surface area contributed by atoms with Crippen molar-refractivity contribution in [3.63, 3.8) is 0 Å². The first-order valence-electron chi connectivity index (χ1n) is 6.71. The van der Waals surface area contributed by atoms with Gasteiger partial charge >= 0.3 is 0 Å². The molecule has 1 aromatic carbocycles. The molecular weight excluding hydrogens is 276 g/mol. The van der Waals surface area contributed by atoms with Gasteiger partial charge in [0.1, 0.15) is 5.75 Å². The number of benzene rings is 1. The van der Waals surface area contributed by atoms with Gasteiger partial charge in [-0.25, -0.2) is 8.42 Å². The maximum Gasteiger partial charge on any atom is 0.167 e. The number of hydrogen-bond donors (Lipinski definition) is 0. The SMILES string of the molecule is COc1cc(C)cc(C)c1C(=O)CC1CCS(=O)(=O)C1. The lowest BCUT2D eigenvalue weighted by Gasteiger charge is -2.13. The first-order chi connectivity index (χ1) is 9.32. The first kappa shape index (κ1) is 15.0. The van der Waals surface area contributed by atoms with Crippen LogP contribution < -0.4 is 4.74 Å². The number of sulfone groups is 1. The van der Waals surface area contributed by atoms with Crippen LogP contribution in [0.15, 0.2) is 12.1 Å². The highest BCUT2D eigenvalue weighted by molar-refractivity contribution is 7.91. The molecule has 2 rings (SSSR count). The van der Waals surface area contributed by atoms with Gasteiger partial charge in [0.05, 0.1) is 24.2 Å². The van der Waals surface area contributed by atoms with Crippen molar-refractivity contribution in [1.82, 2.24) is 0 Å². The summed E-state index contributed by atoms with van der Waals surface area (Å²) in [6.07, 6.45) is 0.862. The molecule has 0 bridgehead atoms. The molecule has 1 fully saturated rings. The van der Waals surface area contributed by atoms with Crippen molar-refractivity contribution in [2.75, 3.05) is 18.6 Å². The Balaban J connectivity index is 2.22. The smallest absolute Gasteiger partial charge is 0.167 e. The molecule has 1 saturated heterocycles. The third-order valence-electron chi connectivity index (χ3n) is 3.74. The summed E-state index contributed by atoms with van der Waals surface area (Å²) >= 11 is 0. The maximum absolute atomic E-state index is 12.4. The maximum atomic E-state index is 12.4. The van der Waals surface area contributed by atoms with Crippen LogP contribution in [0.2, 0.25) is 0 Å². The predicted molar refractivity (Wildman–Crippen MR) is 78.2 cm³/mol. The highest BCUT2D eigenvalue weighted by atomic mass is 32.2. The highest BCUT2D eigenvalue weighted by Gasteiger charge is 2.30. The van der Waals surface area contributed by atoms with E-state index in [0.717, 1.165) is 11.1 Å². The van der Waals surface area contributed by atoms with Crippen LogP contribution in [0, 0.1) is 19.8 Å². The summed E-state index contributed by atoms with van der Waals surface area (Å²) < 4.78 is 28.2. The van der Waals surface area contributed by atoms with Crippen LogP contribution in [-0.4, -0.2) is 32.8 Å². The molecule has 4 nitrogen and oxygen atoms in total. The molecule has 0 aromatic heterocycles. The monoisotopic (exact) mass is 296 g/mol. The van der Waals surface area contributed by atoms with Gasteiger partial charge in [0.15, 0.2) is 15.6 Å². The van der Waals surface area contributed by atoms with Crippen molar-refractivity contribution >= 4 is 15.6 Å². The molecule has 0 radical (unpaired) electrons. The molecule has 0 N–H and O–H groups in total. The Morgan fingerprint density at radius 1 is 1.35 bits per heavy atom. The van der Waals surface area contributed by atoms with E-state index in [1.54, 1.807) is 7.11 Å². The van der Waals surface area contributed by atoms with E-state index in [-0.39, 0.29) is 29.6 Å². The second kappa shape index (κ2) is 5.56. The van der Waals surface area contributed by atoms with Gasteiger partial charge in [-0.2, -0.15) is 0 Å². The zero-order chi connectivity index (χ0) is 14.9. The number of aryl methyl sites for hydroxylation is 2. The Kier molecular flexibility index (Phi) is 4.18. The van der Waals surface area contributed by atoms with Gasteiger partial charge in [0.25, 0.3) is 0 Å². The number of carbonyl (C=O) groups excluding carboxylic acids is 1. The number of methoxy groups -OCH3 is 1. The molecule has 110 valence electrons. The third-order valence-corrected chi connectivity index (χ3v) is 5.58. The summed E-state index contributed by atoms with van der Waals surface area (Å²) in [6.45, 7) is 3.83. The van der Waals surface area contributed by atoms with E-state index >= 15 is 0 Å². The van der Waals surface area contributed by atoms with Crippen LogP contribution in [0.4, 0.5) is 0 Å². The van der Waals surface area contributed by atoms with Crippen LogP contribution in [0.5, 0.6) is 5.75 Å². The molecule has 0 saturated carbocycles. The molecule has 1 unspecified atom stereocenters. The number of ketones is 1. The molecule has 1 aliphatic heterocycles. The molecule has 1 aliphatic rings. The second-order valence-electron chi connectivity index (χ2n) is 5.56. The molecule has 1 aromatic rings. The van der Waals surface area contributed by atoms with E-state index < -0.39 is 9.84 Å². The number of rotatable bonds is 4. The lowest BCUT2D eigenvalue weighted by molar-refractivity contribution is 0.0962. The van der Waals surface area contributed by atoms with Gasteiger partial charge in [-0.3, -0.25) is 4.79 Å². The summed E-state index contributed by atoms with van der Waals surface area (Å²) in [5.74, 6) is 0.828. The zero-order valence-electron chi connectivity index (χ0n) is 12.1. The molecule has 1 atom stereocenters. The number of carbonyl (C=O) groups is 1. The third kappa shape index (κ3) is 3.20. The normalized spacial score (nSPS) is 20.9. The Morgan fingerprint density at radius 3 is 2.60 bits per heavy atom. The van der Waals surface area contributed by atoms with Crippen molar-refractivity contribution in [2.45, 2.75) is 26.7 Å². The average Bonchev–Trinajstić information content (AvgIpc) is 2.67. The molecular formula is C15H20O4S. The van der Waals surface area contributed by atoms with E-state index in [1.807, 2.05) is 26.0 Å². The Labute approximate surface area is 120 Å². The van der Waals surface area contributed by atoms with E-state index in [4.69, 9.17) is 4.74 Å². The van der Waals surface area contributed by atoms with Gasteiger partial charge in [-0.05, 0) is 43.4 Å². The summed E-state index contributed by atoms with van der Waals surface area (Å²) in [7, 11) is -1.39. The molecule has 20 heavy (non-hydrogen) atoms. The van der Waals surface area contributed by atoms with Crippen molar-refractivity contribution < 1.29 is 17.9 Å². The van der Waals surface area contributed by atoms with E-state index in [1.165, 1.54) is 0 Å². The second-order valence-corrected chi connectivity index (χ2v) is 7.78. The Morgan fingerprint density at radius 2 is 2.05 bits per heavy atom. The fraction of sp³-hybridized carbons (Fsp3) is 0.533. The van der Waals surface area contributed by atoms with Gasteiger partial charge in [-0.1, -0.05) is 6.07 Å². The van der Waals surface area contributed by atoms with E-state index in [0.29, 0.717) is 17.7 Å². The minimum atomic E-state index is -2.94. The standard InChI is InChI=1S/C15H20O4S/c1-10-6-11(2)15(14(7-10)19-3)13(16)8-12-4-5-20(17,18)9-12/h6-7,12H,4-5,8-9H2,1-3H3. The van der Waals surface area contributed by atoms with Gasteiger partial charge in [0.2, 0.25) is 0 Å². The van der Waals surface area contributed by atoms with E-state index in [9.17, 15) is 13.2 Å². The van der Waals surface area contributed by atoms with Crippen molar-refractivity contribution in [1.29, 1.82) is 0 Å². The number of Topliss-reactive ketones (excluding diaryl/α,β-unsaturated/α-hetero) is 1. The Bertz CT molecular complexity index is 632. The molecule has 0 aliphatic carbocycles. The highest BCUT2D eigenvalue weighted by Crippen LogP contribution is 2.29. The zero-order valence-corrected chi connectivity index (χ0v) is 12.9. The number of hydrogen-bond acceptors (Lipinski definition) is 4. The minimum Gasteiger partial charge on any atom is -0.496 e. The van der Waals surface area contributed by atoms with Gasteiger partial charge in [0, 0.05) is 6.42 Å². The van der Waals surface area contributed by atoms with Crippen molar-refractivity contribution in [2.24, 2.45) is 5.92 Å². The summed E-state index contributed by atoms with van der Waals surface area (Å²) in [4.78, 5) is 12.4. The summed E-state index contributed by atoms with van der Waals surface area (Å²) in [5.41, 5.74) is 2.51. The van der Waals surface area contributed by atoms with Crippen LogP contribution in [-0.2, 0) is 9.84 Å². The lowest BCUT2D eigenvalue weighted by Crippen LogP contribution is -2.13. The average molecular weight is 296 g/mol. The largest absolute Gasteiger partial charge is 0.496 e. The molecule has 1 heterocycles. The number of ether oxygens (including phenoxy) is 1. The molecule has 0 amide bonds. The quantitative estimate of drug-likeness (QED) is 0.800. The molecule has 0 spiro atoms. The van der Waals surface area contributed by atoms with Crippen LogP contribution in [0.25, 0.3) is 0 Å².